The van der Waals surface area contributed by atoms with Gasteiger partial charge in [-0.1, -0.05) is 64.4 Å². The number of amides is 1. The molecule has 2 atom stereocenters. The Hall–Kier alpha value is -1.31. The van der Waals surface area contributed by atoms with E-state index in [1.54, 1.807) is 0 Å². The summed E-state index contributed by atoms with van der Waals surface area (Å²) in [6.45, 7) is 12.4. The van der Waals surface area contributed by atoms with Gasteiger partial charge < -0.3 is 4.90 Å². The van der Waals surface area contributed by atoms with Crippen molar-refractivity contribution in [1.82, 2.24) is 4.90 Å². The van der Waals surface area contributed by atoms with Crippen molar-refractivity contribution in [3.05, 3.63) is 35.9 Å². The van der Waals surface area contributed by atoms with Gasteiger partial charge in [-0.05, 0) is 24.3 Å². The number of nitrogens with zero attached hydrogens (tertiary/aromatic N) is 1. The fraction of sp³-hybridized carbons (Fsp3) is 0.611. The summed E-state index contributed by atoms with van der Waals surface area (Å²) in [5.74, 6) is 1.14. The van der Waals surface area contributed by atoms with Crippen LogP contribution in [-0.2, 0) is 4.79 Å². The topological polar surface area (TPSA) is 20.3 Å². The van der Waals surface area contributed by atoms with Crippen LogP contribution < -0.4 is 0 Å². The van der Waals surface area contributed by atoms with Gasteiger partial charge in [0, 0.05) is 13.1 Å². The van der Waals surface area contributed by atoms with E-state index in [1.165, 1.54) is 0 Å². The van der Waals surface area contributed by atoms with E-state index in [0.29, 0.717) is 11.8 Å². The van der Waals surface area contributed by atoms with Crippen molar-refractivity contribution in [2.24, 2.45) is 11.8 Å². The van der Waals surface area contributed by atoms with E-state index in [-0.39, 0.29) is 11.8 Å². The Morgan fingerprint density at radius 2 is 1.70 bits per heavy atom. The number of hydrogen-bond acceptors (Lipinski definition) is 1. The van der Waals surface area contributed by atoms with Crippen molar-refractivity contribution in [2.45, 2.75) is 47.0 Å². The summed E-state index contributed by atoms with van der Waals surface area (Å²) in [6, 6.07) is 10.2. The molecule has 1 amide bonds. The first kappa shape index (κ1) is 16.7. The minimum Gasteiger partial charge on any atom is -0.342 e. The molecule has 20 heavy (non-hydrogen) atoms. The van der Waals surface area contributed by atoms with Crippen molar-refractivity contribution < 1.29 is 4.79 Å². The Balaban J connectivity index is 3.01. The van der Waals surface area contributed by atoms with E-state index in [4.69, 9.17) is 0 Å². The maximum absolute atomic E-state index is 12.9. The molecule has 1 aromatic carbocycles. The van der Waals surface area contributed by atoms with Crippen molar-refractivity contribution >= 4 is 5.91 Å². The average Bonchev–Trinajstić information content (AvgIpc) is 2.45. The molecular formula is C18H29NO. The predicted molar refractivity (Wildman–Crippen MR) is 85.7 cm³/mol. The van der Waals surface area contributed by atoms with E-state index in [9.17, 15) is 4.79 Å². The second kappa shape index (κ2) is 8.08. The highest BCUT2D eigenvalue weighted by Crippen LogP contribution is 2.29. The van der Waals surface area contributed by atoms with Gasteiger partial charge in [-0.25, -0.2) is 0 Å². The molecule has 0 bridgehead atoms. The van der Waals surface area contributed by atoms with Crippen molar-refractivity contribution in [1.29, 1.82) is 0 Å². The maximum Gasteiger partial charge on any atom is 0.230 e. The smallest absolute Gasteiger partial charge is 0.230 e. The van der Waals surface area contributed by atoms with Crippen LogP contribution in [0, 0.1) is 11.8 Å². The number of carbonyl (C=O) groups is 1. The van der Waals surface area contributed by atoms with Gasteiger partial charge in [0.2, 0.25) is 5.91 Å². The zero-order chi connectivity index (χ0) is 15.1. The molecule has 1 aromatic rings. The molecule has 0 N–H and O–H groups in total. The van der Waals surface area contributed by atoms with Gasteiger partial charge in [0.05, 0.1) is 5.92 Å². The van der Waals surface area contributed by atoms with E-state index in [2.05, 4.69) is 46.8 Å². The SMILES string of the molecule is CCC(C)C(C(=O)N(CC)CC(C)C)c1ccccc1. The Kier molecular flexibility index (Phi) is 6.77. The molecule has 0 aliphatic heterocycles. The summed E-state index contributed by atoms with van der Waals surface area (Å²) < 4.78 is 0. The normalized spacial score (nSPS) is 14.1. The largest absolute Gasteiger partial charge is 0.342 e. The molecule has 0 heterocycles. The summed E-state index contributed by atoms with van der Waals surface area (Å²) in [5.41, 5.74) is 1.15. The van der Waals surface area contributed by atoms with Crippen LogP contribution >= 0.6 is 0 Å². The van der Waals surface area contributed by atoms with E-state index < -0.39 is 0 Å². The van der Waals surface area contributed by atoms with Gasteiger partial charge in [0.25, 0.3) is 0 Å². The van der Waals surface area contributed by atoms with Crippen LogP contribution in [0.2, 0.25) is 0 Å². The summed E-state index contributed by atoms with van der Waals surface area (Å²) >= 11 is 0. The van der Waals surface area contributed by atoms with Crippen molar-refractivity contribution in [3.8, 4) is 0 Å². The van der Waals surface area contributed by atoms with Gasteiger partial charge in [-0.3, -0.25) is 4.79 Å². The lowest BCUT2D eigenvalue weighted by Crippen LogP contribution is -2.39. The fourth-order valence-corrected chi connectivity index (χ4v) is 2.62. The predicted octanol–water partition coefficient (Wildman–Crippen LogP) is 4.32. The lowest BCUT2D eigenvalue weighted by molar-refractivity contribution is -0.134. The van der Waals surface area contributed by atoms with Gasteiger partial charge in [0.1, 0.15) is 0 Å². The molecular weight excluding hydrogens is 246 g/mol. The third-order valence-corrected chi connectivity index (χ3v) is 3.92. The number of hydrogen-bond donors (Lipinski definition) is 0. The zero-order valence-corrected chi connectivity index (χ0v) is 13.6. The highest BCUT2D eigenvalue weighted by Gasteiger charge is 2.29. The van der Waals surface area contributed by atoms with E-state index in [1.807, 2.05) is 23.1 Å². The number of benzene rings is 1. The van der Waals surface area contributed by atoms with Crippen LogP contribution in [0.25, 0.3) is 0 Å². The second-order valence-corrected chi connectivity index (χ2v) is 6.04. The average molecular weight is 275 g/mol. The van der Waals surface area contributed by atoms with Gasteiger partial charge in [0.15, 0.2) is 0 Å². The molecule has 2 nitrogen and oxygen atoms in total. The highest BCUT2D eigenvalue weighted by molar-refractivity contribution is 5.84. The molecule has 0 aliphatic rings. The van der Waals surface area contributed by atoms with Gasteiger partial charge in [-0.2, -0.15) is 0 Å². The molecule has 0 saturated carbocycles. The summed E-state index contributed by atoms with van der Waals surface area (Å²) in [4.78, 5) is 14.9. The minimum absolute atomic E-state index is 0.0140. The molecule has 0 aromatic heterocycles. The van der Waals surface area contributed by atoms with Crippen molar-refractivity contribution in [2.75, 3.05) is 13.1 Å². The monoisotopic (exact) mass is 275 g/mol. The first-order valence-electron chi connectivity index (χ1n) is 7.84. The van der Waals surface area contributed by atoms with Crippen molar-refractivity contribution in [3.63, 3.8) is 0 Å². The quantitative estimate of drug-likeness (QED) is 0.725. The van der Waals surface area contributed by atoms with Crippen LogP contribution in [0.3, 0.4) is 0 Å². The third kappa shape index (κ3) is 4.36. The minimum atomic E-state index is -0.0140. The highest BCUT2D eigenvalue weighted by atomic mass is 16.2. The fourth-order valence-electron chi connectivity index (χ4n) is 2.62. The summed E-state index contributed by atoms with van der Waals surface area (Å²) in [5, 5.41) is 0. The lowest BCUT2D eigenvalue weighted by Gasteiger charge is -2.31. The maximum atomic E-state index is 12.9. The molecule has 0 fully saturated rings. The number of carbonyl (C=O) groups excluding carboxylic acids is 1. The van der Waals surface area contributed by atoms with Gasteiger partial charge in [-0.15, -0.1) is 0 Å². The first-order chi connectivity index (χ1) is 9.51. The Morgan fingerprint density at radius 1 is 1.10 bits per heavy atom. The van der Waals surface area contributed by atoms with Crippen LogP contribution in [0.1, 0.15) is 52.5 Å². The molecule has 0 saturated heterocycles. The summed E-state index contributed by atoms with van der Waals surface area (Å²) in [7, 11) is 0. The Bertz CT molecular complexity index is 399. The van der Waals surface area contributed by atoms with Gasteiger partial charge >= 0.3 is 0 Å². The molecule has 0 radical (unpaired) electrons. The Morgan fingerprint density at radius 3 is 2.15 bits per heavy atom. The molecule has 1 rings (SSSR count). The van der Waals surface area contributed by atoms with E-state index >= 15 is 0 Å². The molecule has 2 unspecified atom stereocenters. The lowest BCUT2D eigenvalue weighted by atomic mass is 9.84. The number of rotatable bonds is 7. The Labute approximate surface area is 124 Å². The second-order valence-electron chi connectivity index (χ2n) is 6.04. The number of likely N-dealkylation sites (N-methyl/N-ethyl adjacent to an activating group) is 1. The first-order valence-corrected chi connectivity index (χ1v) is 7.84. The molecule has 112 valence electrons. The molecule has 0 aliphatic carbocycles. The van der Waals surface area contributed by atoms with Crippen LogP contribution in [0.15, 0.2) is 30.3 Å². The van der Waals surface area contributed by atoms with E-state index in [0.717, 1.165) is 25.1 Å². The standard InChI is InChI=1S/C18H29NO/c1-6-15(5)17(16-11-9-8-10-12-16)18(20)19(7-2)13-14(3)4/h8-12,14-15,17H,6-7,13H2,1-5H3. The third-order valence-electron chi connectivity index (χ3n) is 3.92. The van der Waals surface area contributed by atoms with Crippen LogP contribution in [-0.4, -0.2) is 23.9 Å². The summed E-state index contributed by atoms with van der Waals surface area (Å²) in [6.07, 6.45) is 1.02. The zero-order valence-electron chi connectivity index (χ0n) is 13.6. The molecule has 2 heteroatoms. The van der Waals surface area contributed by atoms with Crippen LogP contribution in [0.5, 0.6) is 0 Å². The molecule has 0 spiro atoms. The van der Waals surface area contributed by atoms with Crippen LogP contribution in [0.4, 0.5) is 0 Å².